The highest BCUT2D eigenvalue weighted by molar-refractivity contribution is 7.98. The van der Waals surface area contributed by atoms with Crippen molar-refractivity contribution in [3.05, 3.63) is 48.5 Å². The van der Waals surface area contributed by atoms with E-state index in [-0.39, 0.29) is 0 Å². The Balaban J connectivity index is 1.50. The predicted molar refractivity (Wildman–Crippen MR) is 106 cm³/mol. The fourth-order valence-corrected chi connectivity index (χ4v) is 4.68. The van der Waals surface area contributed by atoms with E-state index in [1.165, 1.54) is 0 Å². The van der Waals surface area contributed by atoms with Crippen LogP contribution in [0.5, 0.6) is 5.75 Å². The first-order valence-electron chi connectivity index (χ1n) is 8.89. The Morgan fingerprint density at radius 2 is 1.96 bits per heavy atom. The Labute approximate surface area is 159 Å². The van der Waals surface area contributed by atoms with Gasteiger partial charge in [0.2, 0.25) is 0 Å². The minimum Gasteiger partial charge on any atom is -0.496 e. The second-order valence-corrected chi connectivity index (χ2v) is 7.64. The van der Waals surface area contributed by atoms with Gasteiger partial charge in [-0.05, 0) is 24.1 Å². The lowest BCUT2D eigenvalue weighted by molar-refractivity contribution is 0.370. The molecule has 2 saturated heterocycles. The Bertz CT molecular complexity index is 807. The first-order valence-corrected chi connectivity index (χ1v) is 9.62. The van der Waals surface area contributed by atoms with E-state index in [0.29, 0.717) is 6.04 Å². The van der Waals surface area contributed by atoms with Crippen LogP contribution in [0, 0.1) is 11.5 Å². The Morgan fingerprint density at radius 1 is 1.12 bits per heavy atom. The van der Waals surface area contributed by atoms with Gasteiger partial charge >= 0.3 is 0 Å². The molecular formula is C20H22N4OS. The molecule has 2 aliphatic heterocycles. The van der Waals surface area contributed by atoms with E-state index >= 15 is 0 Å². The molecule has 26 heavy (non-hydrogen) atoms. The first-order chi connectivity index (χ1) is 12.8. The number of anilines is 1. The standard InChI is InChI=1S/C20H22N4OS/c1-25-20-13-17(7-8-19(20)16-5-3-2-4-6-16)23-11-12-24(26-23)18-9-10-22(14-18)15-21/h2-8,13,18H,9-12,14H2,1H3. The van der Waals surface area contributed by atoms with Gasteiger partial charge in [-0.15, -0.1) is 0 Å². The number of ether oxygens (including phenoxy) is 1. The molecule has 2 fully saturated rings. The van der Waals surface area contributed by atoms with Crippen molar-refractivity contribution < 1.29 is 4.74 Å². The zero-order chi connectivity index (χ0) is 17.9. The summed E-state index contributed by atoms with van der Waals surface area (Å²) in [5.74, 6) is 0.893. The molecule has 0 aliphatic carbocycles. The summed E-state index contributed by atoms with van der Waals surface area (Å²) in [6, 6.07) is 17.2. The maximum Gasteiger partial charge on any atom is 0.179 e. The number of hydrogen-bond donors (Lipinski definition) is 0. The lowest BCUT2D eigenvalue weighted by Crippen LogP contribution is -2.30. The summed E-state index contributed by atoms with van der Waals surface area (Å²) >= 11 is 1.77. The highest BCUT2D eigenvalue weighted by Crippen LogP contribution is 2.38. The molecule has 1 atom stereocenters. The van der Waals surface area contributed by atoms with E-state index in [2.05, 4.69) is 45.1 Å². The summed E-state index contributed by atoms with van der Waals surface area (Å²) in [6.45, 7) is 3.70. The first kappa shape index (κ1) is 17.1. The molecule has 0 spiro atoms. The van der Waals surface area contributed by atoms with Gasteiger partial charge in [-0.1, -0.05) is 30.3 Å². The van der Waals surface area contributed by atoms with Crippen LogP contribution in [0.4, 0.5) is 5.69 Å². The van der Waals surface area contributed by atoms with Crippen molar-refractivity contribution in [1.29, 1.82) is 5.26 Å². The van der Waals surface area contributed by atoms with Gasteiger partial charge in [-0.3, -0.25) is 0 Å². The van der Waals surface area contributed by atoms with Crippen LogP contribution in [0.3, 0.4) is 0 Å². The van der Waals surface area contributed by atoms with Crippen LogP contribution < -0.4 is 9.04 Å². The molecule has 2 aliphatic rings. The van der Waals surface area contributed by atoms with E-state index in [0.717, 1.165) is 55.2 Å². The van der Waals surface area contributed by atoms with Gasteiger partial charge in [0.05, 0.1) is 12.8 Å². The molecule has 0 saturated carbocycles. The highest BCUT2D eigenvalue weighted by atomic mass is 32.2. The van der Waals surface area contributed by atoms with E-state index in [1.54, 1.807) is 19.2 Å². The number of hydrogen-bond acceptors (Lipinski definition) is 6. The third-order valence-corrected chi connectivity index (χ3v) is 6.28. The molecule has 0 bridgehead atoms. The normalized spacial score (nSPS) is 20.4. The van der Waals surface area contributed by atoms with Gasteiger partial charge in [-0.25, -0.2) is 4.31 Å². The van der Waals surface area contributed by atoms with Crippen LogP contribution in [-0.2, 0) is 0 Å². The quantitative estimate of drug-likeness (QED) is 0.608. The highest BCUT2D eigenvalue weighted by Gasteiger charge is 2.33. The van der Waals surface area contributed by atoms with Crippen LogP contribution in [0.15, 0.2) is 48.5 Å². The average Bonchev–Trinajstić information content (AvgIpc) is 3.37. The van der Waals surface area contributed by atoms with E-state index in [4.69, 9.17) is 10.00 Å². The number of benzene rings is 2. The van der Waals surface area contributed by atoms with Crippen molar-refractivity contribution >= 4 is 17.8 Å². The molecule has 4 rings (SSSR count). The number of likely N-dealkylation sites (tertiary alicyclic amines) is 1. The minimum absolute atomic E-state index is 0.454. The van der Waals surface area contributed by atoms with Gasteiger partial charge < -0.3 is 13.9 Å². The monoisotopic (exact) mass is 366 g/mol. The third-order valence-electron chi connectivity index (χ3n) is 5.00. The topological polar surface area (TPSA) is 42.7 Å². The van der Waals surface area contributed by atoms with Crippen molar-refractivity contribution in [2.45, 2.75) is 12.5 Å². The molecule has 2 aromatic rings. The Morgan fingerprint density at radius 3 is 2.69 bits per heavy atom. The molecule has 5 nitrogen and oxygen atoms in total. The predicted octanol–water partition coefficient (Wildman–Crippen LogP) is 3.60. The maximum atomic E-state index is 9.06. The van der Waals surface area contributed by atoms with Crippen molar-refractivity contribution in [3.63, 3.8) is 0 Å². The summed E-state index contributed by atoms with van der Waals surface area (Å²) in [5, 5.41) is 9.06. The lowest BCUT2D eigenvalue weighted by atomic mass is 10.0. The molecule has 1 unspecified atom stereocenters. The summed E-state index contributed by atoms with van der Waals surface area (Å²) in [5.41, 5.74) is 3.43. The second kappa shape index (κ2) is 7.48. The molecule has 134 valence electrons. The largest absolute Gasteiger partial charge is 0.496 e. The molecule has 0 amide bonds. The lowest BCUT2D eigenvalue weighted by Gasteiger charge is -2.23. The van der Waals surface area contributed by atoms with E-state index < -0.39 is 0 Å². The zero-order valence-electron chi connectivity index (χ0n) is 14.8. The Kier molecular flexibility index (Phi) is 4.91. The maximum absolute atomic E-state index is 9.06. The SMILES string of the molecule is COc1cc(N2CCN(C3CCN(C#N)C3)S2)ccc1-c1ccccc1. The van der Waals surface area contributed by atoms with E-state index in [1.807, 2.05) is 23.1 Å². The van der Waals surface area contributed by atoms with E-state index in [9.17, 15) is 0 Å². The van der Waals surface area contributed by atoms with Crippen molar-refractivity contribution in [2.24, 2.45) is 0 Å². The molecule has 2 heterocycles. The number of methoxy groups -OCH3 is 1. The Hall–Kier alpha value is -2.36. The van der Waals surface area contributed by atoms with Crippen LogP contribution >= 0.6 is 12.1 Å². The summed E-state index contributed by atoms with van der Waals surface area (Å²) in [6.07, 6.45) is 3.32. The van der Waals surface area contributed by atoms with Crippen molar-refractivity contribution in [1.82, 2.24) is 9.21 Å². The zero-order valence-corrected chi connectivity index (χ0v) is 15.7. The smallest absolute Gasteiger partial charge is 0.179 e. The fourth-order valence-electron chi connectivity index (χ4n) is 3.58. The third kappa shape index (κ3) is 3.33. The average molecular weight is 366 g/mol. The van der Waals surface area contributed by atoms with Crippen LogP contribution in [0.25, 0.3) is 11.1 Å². The molecule has 2 aromatic carbocycles. The fraction of sp³-hybridized carbons (Fsp3) is 0.350. The van der Waals surface area contributed by atoms with Gasteiger partial charge in [-0.2, -0.15) is 5.26 Å². The molecular weight excluding hydrogens is 344 g/mol. The number of nitriles is 1. The number of nitrogens with zero attached hydrogens (tertiary/aromatic N) is 4. The molecule has 0 N–H and O–H groups in total. The van der Waals surface area contributed by atoms with Crippen LogP contribution in [0.1, 0.15) is 6.42 Å². The van der Waals surface area contributed by atoms with Crippen LogP contribution in [-0.4, -0.2) is 48.5 Å². The molecule has 6 heteroatoms. The summed E-state index contributed by atoms with van der Waals surface area (Å²) in [4.78, 5) is 1.85. The van der Waals surface area contributed by atoms with Gasteiger partial charge in [0.25, 0.3) is 0 Å². The van der Waals surface area contributed by atoms with Crippen molar-refractivity contribution in [2.75, 3.05) is 37.6 Å². The van der Waals surface area contributed by atoms with Gasteiger partial charge in [0, 0.05) is 56.0 Å². The van der Waals surface area contributed by atoms with Crippen molar-refractivity contribution in [3.8, 4) is 23.1 Å². The van der Waals surface area contributed by atoms with Gasteiger partial charge in [0.1, 0.15) is 5.75 Å². The summed E-state index contributed by atoms with van der Waals surface area (Å²) < 4.78 is 10.4. The summed E-state index contributed by atoms with van der Waals surface area (Å²) in [7, 11) is 1.73. The minimum atomic E-state index is 0.454. The molecule has 0 radical (unpaired) electrons. The van der Waals surface area contributed by atoms with Gasteiger partial charge in [0.15, 0.2) is 6.19 Å². The number of rotatable bonds is 4. The van der Waals surface area contributed by atoms with Crippen LogP contribution in [0.2, 0.25) is 0 Å². The second-order valence-electron chi connectivity index (χ2n) is 6.56. The molecule has 0 aromatic heterocycles.